The molecule has 0 spiro atoms. The summed E-state index contributed by atoms with van der Waals surface area (Å²) in [6.07, 6.45) is 13.8. The van der Waals surface area contributed by atoms with Gasteiger partial charge in [-0.1, -0.05) is 69.2 Å². The smallest absolute Gasteiger partial charge is 0.261 e. The van der Waals surface area contributed by atoms with Gasteiger partial charge >= 0.3 is 0 Å². The number of rotatable bonds is 9. The van der Waals surface area contributed by atoms with Crippen LogP contribution in [0.2, 0.25) is 0 Å². The number of imide groups is 1. The van der Waals surface area contributed by atoms with Crippen LogP contribution in [-0.2, 0) is 21.9 Å². The van der Waals surface area contributed by atoms with Gasteiger partial charge < -0.3 is 15.1 Å². The Hall–Kier alpha value is -2.25. The summed E-state index contributed by atoms with van der Waals surface area (Å²) in [5.74, 6) is 0.143. The summed E-state index contributed by atoms with van der Waals surface area (Å²) >= 11 is 0. The third-order valence-electron chi connectivity index (χ3n) is 9.10. The minimum absolute atomic E-state index is 0. The van der Waals surface area contributed by atoms with Crippen LogP contribution in [0.5, 0.6) is 0 Å². The van der Waals surface area contributed by atoms with E-state index in [2.05, 4.69) is 15.1 Å². The van der Waals surface area contributed by atoms with Gasteiger partial charge in [0.2, 0.25) is 5.91 Å². The van der Waals surface area contributed by atoms with E-state index < -0.39 is 0 Å². The molecule has 8 heteroatoms. The summed E-state index contributed by atoms with van der Waals surface area (Å²) < 4.78 is 0. The zero-order chi connectivity index (χ0) is 27.7. The van der Waals surface area contributed by atoms with Gasteiger partial charge in [0.15, 0.2) is 0 Å². The average Bonchev–Trinajstić information content (AvgIpc) is 3.74. The zero-order valence-corrected chi connectivity index (χ0v) is 25.5. The van der Waals surface area contributed by atoms with Gasteiger partial charge in [-0.2, -0.15) is 0 Å². The quantitative estimate of drug-likeness (QED) is 0.246. The van der Waals surface area contributed by atoms with E-state index in [1.54, 1.807) is 0 Å². The number of hydrogen-bond acceptors (Lipinski definition) is 5. The van der Waals surface area contributed by atoms with E-state index in [1.807, 2.05) is 36.4 Å². The van der Waals surface area contributed by atoms with Crippen LogP contribution in [0.3, 0.4) is 0 Å². The number of hydrogen-bond donors (Lipinski definition) is 1. The Bertz CT molecular complexity index is 1110. The van der Waals surface area contributed by atoms with Crippen molar-refractivity contribution in [2.24, 2.45) is 5.92 Å². The maximum atomic E-state index is 13.0. The second-order valence-electron chi connectivity index (χ2n) is 11.9. The molecule has 0 atom stereocenters. The number of carbonyl (C=O) groups is 3. The fraction of sp³-hybridized carbons (Fsp3) is 0.606. The first kappa shape index (κ1) is 31.7. The summed E-state index contributed by atoms with van der Waals surface area (Å²) in [4.78, 5) is 44.5. The van der Waals surface area contributed by atoms with Crippen molar-refractivity contribution >= 4 is 28.5 Å². The average molecular weight is 603 g/mol. The monoisotopic (exact) mass is 602 g/mol. The molecule has 7 nitrogen and oxygen atoms in total. The molecule has 2 aliphatic carbocycles. The molecule has 0 radical (unpaired) electrons. The van der Waals surface area contributed by atoms with Crippen molar-refractivity contribution in [1.29, 1.82) is 0 Å². The van der Waals surface area contributed by atoms with E-state index in [0.717, 1.165) is 82.3 Å². The number of piperazine rings is 1. The summed E-state index contributed by atoms with van der Waals surface area (Å²) in [5.41, 5.74) is 1.26. The van der Waals surface area contributed by atoms with Crippen LogP contribution >= 0.6 is 0 Å². The van der Waals surface area contributed by atoms with Crippen molar-refractivity contribution in [2.45, 2.75) is 70.6 Å². The summed E-state index contributed by atoms with van der Waals surface area (Å²) in [6.45, 7) is 7.15. The van der Waals surface area contributed by atoms with Crippen molar-refractivity contribution in [3.63, 3.8) is 0 Å². The first-order valence-electron chi connectivity index (χ1n) is 15.7. The van der Waals surface area contributed by atoms with Crippen LogP contribution in [0.25, 0.3) is 10.8 Å². The molecule has 1 saturated heterocycles. The number of benzene rings is 2. The maximum Gasteiger partial charge on any atom is 0.261 e. The maximum absolute atomic E-state index is 13.0. The molecule has 2 aromatic rings. The van der Waals surface area contributed by atoms with Crippen LogP contribution in [0, 0.1) is 5.92 Å². The van der Waals surface area contributed by atoms with Crippen molar-refractivity contribution in [2.75, 3.05) is 52.4 Å². The van der Waals surface area contributed by atoms with Crippen LogP contribution in [-0.4, -0.2) is 84.8 Å². The van der Waals surface area contributed by atoms with E-state index in [0.29, 0.717) is 17.7 Å². The van der Waals surface area contributed by atoms with Gasteiger partial charge in [-0.15, -0.1) is 0 Å². The molecule has 3 fully saturated rings. The molecule has 0 aromatic heterocycles. The number of amides is 3. The summed E-state index contributed by atoms with van der Waals surface area (Å²) in [6, 6.07) is 11.3. The summed E-state index contributed by atoms with van der Waals surface area (Å²) in [7, 11) is 0. The molecule has 3 amide bonds. The predicted molar refractivity (Wildman–Crippen MR) is 159 cm³/mol. The van der Waals surface area contributed by atoms with Crippen molar-refractivity contribution in [3.8, 4) is 0 Å². The largest absolute Gasteiger partial charge is 0.356 e. The molecule has 0 bridgehead atoms. The van der Waals surface area contributed by atoms with E-state index in [-0.39, 0.29) is 40.7 Å². The molecule has 2 aliphatic heterocycles. The third kappa shape index (κ3) is 8.19. The molecule has 224 valence electrons. The Morgan fingerprint density at radius 3 is 1.76 bits per heavy atom. The molecule has 4 aliphatic rings. The van der Waals surface area contributed by atoms with Crippen LogP contribution in [0.1, 0.15) is 91.3 Å². The van der Waals surface area contributed by atoms with E-state index in [4.69, 9.17) is 0 Å². The number of nitrogens with zero attached hydrogens (tertiary/aromatic N) is 3. The molecular weight excluding hydrogens is 556 g/mol. The van der Waals surface area contributed by atoms with Gasteiger partial charge in [-0.25, -0.2) is 0 Å². The van der Waals surface area contributed by atoms with Crippen LogP contribution in [0.4, 0.5) is 0 Å². The topological polar surface area (TPSA) is 73.0 Å². The minimum atomic E-state index is -0.177. The predicted octanol–water partition coefficient (Wildman–Crippen LogP) is 5.09. The van der Waals surface area contributed by atoms with Crippen molar-refractivity contribution in [3.05, 3.63) is 47.5 Å². The van der Waals surface area contributed by atoms with Gasteiger partial charge in [0.25, 0.3) is 11.8 Å². The van der Waals surface area contributed by atoms with Gasteiger partial charge in [-0.3, -0.25) is 19.3 Å². The standard InChI is InChI=1S/C28H36N4O3.C5H10.Fe/c33-26(22-7-1-2-8-22)29-13-5-14-30-17-19-31(20-18-30)15-6-16-32-27(34)23-11-3-9-21-10-4-12-24(25(21)23)28(32)35;1-2-4-5-3-1;/h3-4,9-12,22H,1-2,5-8,13-20H2,(H,29,33);1-5H2;. The van der Waals surface area contributed by atoms with E-state index in [9.17, 15) is 14.4 Å². The minimum Gasteiger partial charge on any atom is -0.356 e. The first-order chi connectivity index (χ1) is 19.6. The Kier molecular flexibility index (Phi) is 12.2. The van der Waals surface area contributed by atoms with E-state index in [1.165, 1.54) is 49.8 Å². The normalized spacial score (nSPS) is 19.7. The third-order valence-corrected chi connectivity index (χ3v) is 9.10. The zero-order valence-electron chi connectivity index (χ0n) is 24.4. The Morgan fingerprint density at radius 1 is 0.707 bits per heavy atom. The van der Waals surface area contributed by atoms with Gasteiger partial charge in [-0.05, 0) is 56.3 Å². The molecule has 6 rings (SSSR count). The molecule has 2 saturated carbocycles. The fourth-order valence-corrected chi connectivity index (χ4v) is 6.70. The number of nitrogens with one attached hydrogen (secondary N) is 1. The molecule has 0 unspecified atom stereocenters. The second kappa shape index (κ2) is 15.8. The van der Waals surface area contributed by atoms with Crippen molar-refractivity contribution in [1.82, 2.24) is 20.0 Å². The van der Waals surface area contributed by atoms with Gasteiger partial charge in [0, 0.05) is 78.8 Å². The van der Waals surface area contributed by atoms with Crippen molar-refractivity contribution < 1.29 is 31.5 Å². The Balaban J connectivity index is 0.000000584. The molecule has 41 heavy (non-hydrogen) atoms. The van der Waals surface area contributed by atoms with Gasteiger partial charge in [0.05, 0.1) is 0 Å². The molecule has 2 aromatic carbocycles. The number of carbonyl (C=O) groups excluding carboxylic acids is 3. The SMILES string of the molecule is C1CCCC1.O=C(NCCCN1CCN(CCCN2C(=O)c3cccc4cccc(c34)C2=O)CC1)C1CCCC1.[Fe]. The van der Waals surface area contributed by atoms with Crippen LogP contribution in [0.15, 0.2) is 36.4 Å². The van der Waals surface area contributed by atoms with Gasteiger partial charge in [0.1, 0.15) is 0 Å². The van der Waals surface area contributed by atoms with E-state index >= 15 is 0 Å². The molecule has 1 N–H and O–H groups in total. The fourth-order valence-electron chi connectivity index (χ4n) is 6.70. The molecule has 2 heterocycles. The Labute approximate surface area is 255 Å². The Morgan fingerprint density at radius 2 is 1.22 bits per heavy atom. The first-order valence-corrected chi connectivity index (χ1v) is 15.7. The van der Waals surface area contributed by atoms with Crippen LogP contribution < -0.4 is 5.32 Å². The second-order valence-corrected chi connectivity index (χ2v) is 11.9. The molecular formula is C33H46FeN4O3. The summed E-state index contributed by atoms with van der Waals surface area (Å²) in [5, 5.41) is 4.84.